The van der Waals surface area contributed by atoms with Gasteiger partial charge in [0.15, 0.2) is 0 Å². The number of rotatable bonds is 0. The van der Waals surface area contributed by atoms with E-state index in [0.717, 1.165) is 0 Å². The van der Waals surface area contributed by atoms with Crippen molar-refractivity contribution >= 4 is 59.1 Å². The smallest absolute Gasteiger partial charge is 0 e. The molecule has 0 atom stereocenters. The molecule has 0 aromatic heterocycles. The Bertz CT molecular complexity index is 6.04. The third-order valence-corrected chi connectivity index (χ3v) is 0. The van der Waals surface area contributed by atoms with Crippen molar-refractivity contribution in [2.45, 2.75) is 0 Å². The molecule has 5 nitrogen and oxygen atoms in total. The van der Waals surface area contributed by atoms with Gasteiger partial charge in [-0.1, -0.05) is 0 Å². The molecular weight excluding hydrogens is 126 g/mol. The second-order valence-electron chi connectivity index (χ2n) is 0. The predicted octanol–water partition coefficient (Wildman–Crippen LogP) is -4.89. The summed E-state index contributed by atoms with van der Waals surface area (Å²) in [5.41, 5.74) is 0. The van der Waals surface area contributed by atoms with Gasteiger partial charge in [-0.2, -0.15) is 0 Å². The molecule has 7 heavy (non-hydrogen) atoms. The van der Waals surface area contributed by atoms with Crippen LogP contribution in [0.4, 0.5) is 0 Å². The van der Waals surface area contributed by atoms with E-state index >= 15 is 0 Å². The Labute approximate surface area is 85.6 Å². The number of hydrogen-bond donors (Lipinski definition) is 0. The molecule has 2 radical (unpaired) electrons. The van der Waals surface area contributed by atoms with E-state index in [2.05, 4.69) is 0 Å². The third kappa shape index (κ3) is 81.0. The van der Waals surface area contributed by atoms with E-state index in [4.69, 9.17) is 0 Å². The molecule has 0 saturated carbocycles. The van der Waals surface area contributed by atoms with Gasteiger partial charge in [0.1, 0.15) is 0 Å². The minimum absolute atomic E-state index is 0. The van der Waals surface area contributed by atoms with E-state index in [0.29, 0.717) is 0 Å². The van der Waals surface area contributed by atoms with E-state index in [1.165, 1.54) is 0 Å². The van der Waals surface area contributed by atoms with Crippen LogP contribution < -0.4 is 0 Å². The first kappa shape index (κ1) is 165. The summed E-state index contributed by atoms with van der Waals surface area (Å²) in [5.74, 6) is 0. The van der Waals surface area contributed by atoms with Crippen LogP contribution in [-0.2, 0) is 0 Å². The first-order valence-corrected chi connectivity index (χ1v) is 0. The molecule has 0 rings (SSSR count). The quantitative estimate of drug-likeness (QED) is 0.292. The van der Waals surface area contributed by atoms with Gasteiger partial charge in [-0.05, 0) is 0 Å². The molecule has 0 bridgehead atoms. The van der Waals surface area contributed by atoms with Crippen LogP contribution in [0.2, 0.25) is 0 Å². The SMILES string of the molecule is O.O.O.O.O.[Na].[Na]. The van der Waals surface area contributed by atoms with E-state index in [1.54, 1.807) is 0 Å². The molecule has 0 aliphatic heterocycles. The third-order valence-electron chi connectivity index (χ3n) is 0. The average Bonchev–Trinajstić information content (AvgIpc) is 0. The van der Waals surface area contributed by atoms with Gasteiger partial charge in [0.25, 0.3) is 0 Å². The van der Waals surface area contributed by atoms with Crippen molar-refractivity contribution in [3.05, 3.63) is 0 Å². The van der Waals surface area contributed by atoms with Crippen molar-refractivity contribution in [3.63, 3.8) is 0 Å². The molecule has 0 spiro atoms. The molecule has 0 saturated heterocycles. The molecule has 0 aromatic carbocycles. The van der Waals surface area contributed by atoms with Gasteiger partial charge in [0.2, 0.25) is 0 Å². The van der Waals surface area contributed by atoms with Gasteiger partial charge in [-0.3, -0.25) is 0 Å². The fraction of sp³-hybridized carbons (Fsp3) is 0. The summed E-state index contributed by atoms with van der Waals surface area (Å²) < 4.78 is 0. The van der Waals surface area contributed by atoms with Crippen molar-refractivity contribution in [2.24, 2.45) is 0 Å². The maximum absolute atomic E-state index is 0. The Morgan fingerprint density at radius 3 is 0.286 bits per heavy atom. The Morgan fingerprint density at radius 1 is 0.286 bits per heavy atom. The topological polar surface area (TPSA) is 158 Å². The molecule has 0 amide bonds. The fourth-order valence-electron chi connectivity index (χ4n) is 0. The predicted molar refractivity (Wildman–Crippen MR) is 29.6 cm³/mol. The van der Waals surface area contributed by atoms with Crippen LogP contribution in [0.25, 0.3) is 0 Å². The van der Waals surface area contributed by atoms with E-state index < -0.39 is 0 Å². The van der Waals surface area contributed by atoms with Crippen LogP contribution in [0, 0.1) is 0 Å². The van der Waals surface area contributed by atoms with Crippen molar-refractivity contribution in [1.82, 2.24) is 0 Å². The van der Waals surface area contributed by atoms with Crippen molar-refractivity contribution in [1.29, 1.82) is 0 Å². The first-order chi connectivity index (χ1) is 0. The Kier molecular flexibility index (Phi) is 2630. The molecule has 10 N–H and O–H groups in total. The van der Waals surface area contributed by atoms with E-state index in [1.807, 2.05) is 0 Å². The summed E-state index contributed by atoms with van der Waals surface area (Å²) in [6.45, 7) is 0. The van der Waals surface area contributed by atoms with Crippen LogP contribution in [0.1, 0.15) is 0 Å². The molecule has 0 fully saturated rings. The zero-order chi connectivity index (χ0) is 0. The zero-order valence-corrected chi connectivity index (χ0v) is 8.50. The van der Waals surface area contributed by atoms with Crippen LogP contribution in [0.5, 0.6) is 0 Å². The molecule has 0 aromatic rings. The fourth-order valence-corrected chi connectivity index (χ4v) is 0. The Hall–Kier alpha value is 1.80. The van der Waals surface area contributed by atoms with Crippen LogP contribution in [0.3, 0.4) is 0 Å². The molecule has 7 heteroatoms. The van der Waals surface area contributed by atoms with E-state index in [9.17, 15) is 0 Å². The van der Waals surface area contributed by atoms with Crippen molar-refractivity contribution < 1.29 is 27.4 Å². The number of hydrogen-bond acceptors (Lipinski definition) is 0. The van der Waals surface area contributed by atoms with Crippen LogP contribution >= 0.6 is 0 Å². The largest absolute Gasteiger partial charge is 0.412 e. The van der Waals surface area contributed by atoms with Gasteiger partial charge in [0.05, 0.1) is 0 Å². The summed E-state index contributed by atoms with van der Waals surface area (Å²) >= 11 is 0. The summed E-state index contributed by atoms with van der Waals surface area (Å²) in [5, 5.41) is 0. The molecular formula is H10Na2O5. The van der Waals surface area contributed by atoms with Gasteiger partial charge in [-0.15, -0.1) is 0 Å². The molecule has 0 aliphatic carbocycles. The Balaban J connectivity index is 0. The van der Waals surface area contributed by atoms with Gasteiger partial charge in [-0.25, -0.2) is 0 Å². The molecule has 0 aliphatic rings. The summed E-state index contributed by atoms with van der Waals surface area (Å²) in [7, 11) is 0. The maximum atomic E-state index is 0. The standard InChI is InChI=1S/2Na.5H2O/h;;5*1H2. The Morgan fingerprint density at radius 2 is 0.286 bits per heavy atom. The maximum Gasteiger partial charge on any atom is 0 e. The molecule has 42 valence electrons. The minimum Gasteiger partial charge on any atom is -0.412 e. The van der Waals surface area contributed by atoms with E-state index in [-0.39, 0.29) is 86.5 Å². The summed E-state index contributed by atoms with van der Waals surface area (Å²) in [4.78, 5) is 0. The molecule has 0 heterocycles. The van der Waals surface area contributed by atoms with Gasteiger partial charge >= 0.3 is 0 Å². The van der Waals surface area contributed by atoms with Crippen LogP contribution in [-0.4, -0.2) is 86.5 Å². The average molecular weight is 136 g/mol. The molecule has 0 unspecified atom stereocenters. The zero-order valence-electron chi connectivity index (χ0n) is 4.50. The second kappa shape index (κ2) is 111. The monoisotopic (exact) mass is 136 g/mol. The van der Waals surface area contributed by atoms with Crippen molar-refractivity contribution in [3.8, 4) is 0 Å². The van der Waals surface area contributed by atoms with Gasteiger partial charge < -0.3 is 27.4 Å². The summed E-state index contributed by atoms with van der Waals surface area (Å²) in [6.07, 6.45) is 0. The first-order valence-electron chi connectivity index (χ1n) is 0. The summed E-state index contributed by atoms with van der Waals surface area (Å²) in [6, 6.07) is 0. The normalized spacial score (nSPS) is 0. The minimum atomic E-state index is 0. The second-order valence-corrected chi connectivity index (χ2v) is 0. The van der Waals surface area contributed by atoms with Crippen molar-refractivity contribution in [2.75, 3.05) is 0 Å². The van der Waals surface area contributed by atoms with Crippen LogP contribution in [0.15, 0.2) is 0 Å². The van der Waals surface area contributed by atoms with Gasteiger partial charge in [0, 0.05) is 59.1 Å².